The van der Waals surface area contributed by atoms with Gasteiger partial charge in [-0.3, -0.25) is 9.59 Å². The van der Waals surface area contributed by atoms with Crippen molar-refractivity contribution in [1.82, 2.24) is 14.8 Å². The fraction of sp³-hybridized carbons (Fsp3) is 0.375. The second-order valence-corrected chi connectivity index (χ2v) is 5.89. The van der Waals surface area contributed by atoms with Crippen LogP contribution in [0.25, 0.3) is 10.9 Å². The number of fused-ring (bicyclic) bond motifs is 1. The quantitative estimate of drug-likeness (QED) is 0.889. The lowest BCUT2D eigenvalue weighted by Crippen LogP contribution is -2.52. The number of hydrogen-bond donors (Lipinski definition) is 2. The summed E-state index contributed by atoms with van der Waals surface area (Å²) in [4.78, 5) is 25.6. The van der Waals surface area contributed by atoms with Crippen molar-refractivity contribution < 1.29 is 23.5 Å². The molecule has 0 bridgehead atoms. The molecule has 0 radical (unpaired) electrons. The number of nitrogens with one attached hydrogen (secondary N) is 1. The molecule has 0 saturated carbocycles. The van der Waals surface area contributed by atoms with E-state index in [0.29, 0.717) is 25.0 Å². The molecule has 6 nitrogen and oxygen atoms in total. The maximum Gasteiger partial charge on any atom is 0.323 e. The number of carbonyl (C=O) groups excluding carboxylic acids is 1. The first-order valence-corrected chi connectivity index (χ1v) is 7.60. The minimum Gasteiger partial charge on any atom is -0.480 e. The van der Waals surface area contributed by atoms with Crippen molar-refractivity contribution in [2.75, 3.05) is 19.6 Å². The third-order valence-electron chi connectivity index (χ3n) is 4.22. The van der Waals surface area contributed by atoms with Crippen LogP contribution < -0.4 is 5.32 Å². The standard InChI is InChI=1S/C16H17F2N3O3/c1-9-7-19-2-3-20(9)16(24)14-5-10-4-11(17)12(18)6-13(10)21(14)8-15(22)23/h4-6,9,19H,2-3,7-8H2,1H3,(H,22,23)/t9-/m0/s1. The molecule has 1 aromatic heterocycles. The Morgan fingerprint density at radius 3 is 2.67 bits per heavy atom. The lowest BCUT2D eigenvalue weighted by molar-refractivity contribution is -0.137. The van der Waals surface area contributed by atoms with Crippen LogP contribution >= 0.6 is 0 Å². The Morgan fingerprint density at radius 1 is 1.29 bits per heavy atom. The van der Waals surface area contributed by atoms with Gasteiger partial charge in [0.15, 0.2) is 11.6 Å². The SMILES string of the molecule is C[C@H]1CNCCN1C(=O)c1cc2cc(F)c(F)cc2n1CC(=O)O. The van der Waals surface area contributed by atoms with Gasteiger partial charge < -0.3 is 19.9 Å². The summed E-state index contributed by atoms with van der Waals surface area (Å²) in [5.41, 5.74) is 0.300. The third-order valence-corrected chi connectivity index (χ3v) is 4.22. The molecule has 8 heteroatoms. The fourth-order valence-electron chi connectivity index (χ4n) is 3.03. The predicted molar refractivity (Wildman–Crippen MR) is 82.9 cm³/mol. The molecule has 0 unspecified atom stereocenters. The highest BCUT2D eigenvalue weighted by atomic mass is 19.2. The molecule has 1 atom stereocenters. The van der Waals surface area contributed by atoms with Gasteiger partial charge in [-0.25, -0.2) is 8.78 Å². The highest BCUT2D eigenvalue weighted by Gasteiger charge is 2.28. The van der Waals surface area contributed by atoms with Gasteiger partial charge in [0.2, 0.25) is 0 Å². The Kier molecular flexibility index (Phi) is 4.23. The number of amides is 1. The molecule has 24 heavy (non-hydrogen) atoms. The molecule has 1 aliphatic heterocycles. The number of carboxylic acids is 1. The molecular formula is C16H17F2N3O3. The van der Waals surface area contributed by atoms with Crippen LogP contribution in [0.15, 0.2) is 18.2 Å². The van der Waals surface area contributed by atoms with Crippen molar-refractivity contribution in [3.05, 3.63) is 35.5 Å². The van der Waals surface area contributed by atoms with Crippen LogP contribution in [0.4, 0.5) is 8.78 Å². The molecule has 2 N–H and O–H groups in total. The Bertz CT molecular complexity index is 818. The van der Waals surface area contributed by atoms with Gasteiger partial charge in [-0.05, 0) is 19.1 Å². The van der Waals surface area contributed by atoms with Crippen LogP contribution in [0, 0.1) is 11.6 Å². The van der Waals surface area contributed by atoms with E-state index < -0.39 is 24.1 Å². The summed E-state index contributed by atoms with van der Waals surface area (Å²) in [6.07, 6.45) is 0. The number of piperazine rings is 1. The molecule has 128 valence electrons. The normalized spacial score (nSPS) is 18.1. The Balaban J connectivity index is 2.11. The molecule has 2 heterocycles. The van der Waals surface area contributed by atoms with Crippen LogP contribution in [0.3, 0.4) is 0 Å². The van der Waals surface area contributed by atoms with Crippen molar-refractivity contribution in [1.29, 1.82) is 0 Å². The lowest BCUT2D eigenvalue weighted by Gasteiger charge is -2.34. The number of aliphatic carboxylic acids is 1. The number of rotatable bonds is 3. The van der Waals surface area contributed by atoms with E-state index in [1.165, 1.54) is 10.6 Å². The highest BCUT2D eigenvalue weighted by Crippen LogP contribution is 2.25. The van der Waals surface area contributed by atoms with Crippen molar-refractivity contribution >= 4 is 22.8 Å². The summed E-state index contributed by atoms with van der Waals surface area (Å²) in [6, 6.07) is 3.25. The summed E-state index contributed by atoms with van der Waals surface area (Å²) < 4.78 is 28.2. The van der Waals surface area contributed by atoms with Gasteiger partial charge in [0.1, 0.15) is 12.2 Å². The molecule has 1 saturated heterocycles. The van der Waals surface area contributed by atoms with Crippen LogP contribution in [0.1, 0.15) is 17.4 Å². The summed E-state index contributed by atoms with van der Waals surface area (Å²) in [5.74, 6) is -3.63. The van der Waals surface area contributed by atoms with E-state index in [0.717, 1.165) is 12.1 Å². The van der Waals surface area contributed by atoms with Gasteiger partial charge >= 0.3 is 5.97 Å². The zero-order chi connectivity index (χ0) is 17.4. The van der Waals surface area contributed by atoms with Gasteiger partial charge in [0.25, 0.3) is 5.91 Å². The average Bonchev–Trinajstić information content (AvgIpc) is 2.85. The first-order valence-electron chi connectivity index (χ1n) is 7.60. The van der Waals surface area contributed by atoms with Gasteiger partial charge in [0, 0.05) is 37.1 Å². The van der Waals surface area contributed by atoms with E-state index in [4.69, 9.17) is 5.11 Å². The second kappa shape index (κ2) is 6.20. The van der Waals surface area contributed by atoms with Crippen LogP contribution in [-0.4, -0.2) is 52.1 Å². The average molecular weight is 337 g/mol. The molecule has 0 aliphatic carbocycles. The fourth-order valence-corrected chi connectivity index (χ4v) is 3.03. The van der Waals surface area contributed by atoms with E-state index in [1.807, 2.05) is 6.92 Å². The number of carboxylic acid groups (broad SMARTS) is 1. The summed E-state index contributed by atoms with van der Waals surface area (Å²) in [7, 11) is 0. The smallest absolute Gasteiger partial charge is 0.323 e. The largest absolute Gasteiger partial charge is 0.480 e. The Hall–Kier alpha value is -2.48. The summed E-state index contributed by atoms with van der Waals surface area (Å²) in [5, 5.41) is 12.6. The summed E-state index contributed by atoms with van der Waals surface area (Å²) in [6.45, 7) is 3.13. The summed E-state index contributed by atoms with van der Waals surface area (Å²) >= 11 is 0. The molecule has 1 amide bonds. The monoisotopic (exact) mass is 337 g/mol. The van der Waals surface area contributed by atoms with Crippen molar-refractivity contribution in [2.24, 2.45) is 0 Å². The van der Waals surface area contributed by atoms with Gasteiger partial charge in [0.05, 0.1) is 5.52 Å². The van der Waals surface area contributed by atoms with E-state index in [9.17, 15) is 18.4 Å². The molecule has 2 aromatic rings. The molecule has 0 spiro atoms. The van der Waals surface area contributed by atoms with Crippen LogP contribution in [0.5, 0.6) is 0 Å². The maximum atomic E-state index is 13.6. The van der Waals surface area contributed by atoms with E-state index in [2.05, 4.69) is 5.32 Å². The number of nitrogens with zero attached hydrogens (tertiary/aromatic N) is 2. The first-order chi connectivity index (χ1) is 11.4. The van der Waals surface area contributed by atoms with Crippen molar-refractivity contribution in [3.63, 3.8) is 0 Å². The van der Waals surface area contributed by atoms with E-state index in [-0.39, 0.29) is 23.2 Å². The number of carbonyl (C=O) groups is 2. The zero-order valence-electron chi connectivity index (χ0n) is 13.1. The molecule has 3 rings (SSSR count). The highest BCUT2D eigenvalue weighted by molar-refractivity contribution is 5.99. The number of halogens is 2. The predicted octanol–water partition coefficient (Wildman–Crippen LogP) is 1.44. The topological polar surface area (TPSA) is 74.6 Å². The van der Waals surface area contributed by atoms with Gasteiger partial charge in [-0.2, -0.15) is 0 Å². The molecule has 1 fully saturated rings. The maximum absolute atomic E-state index is 13.6. The van der Waals surface area contributed by atoms with E-state index in [1.54, 1.807) is 4.90 Å². The molecule has 1 aliphatic rings. The minimum atomic E-state index is -1.17. The zero-order valence-corrected chi connectivity index (χ0v) is 13.1. The number of benzene rings is 1. The second-order valence-electron chi connectivity index (χ2n) is 5.89. The number of aromatic nitrogens is 1. The van der Waals surface area contributed by atoms with Crippen molar-refractivity contribution in [3.8, 4) is 0 Å². The van der Waals surface area contributed by atoms with Gasteiger partial charge in [-0.15, -0.1) is 0 Å². The minimum absolute atomic E-state index is 0.0592. The molecule has 1 aromatic carbocycles. The first kappa shape index (κ1) is 16.4. The van der Waals surface area contributed by atoms with Gasteiger partial charge in [-0.1, -0.05) is 0 Å². The van der Waals surface area contributed by atoms with Crippen LogP contribution in [-0.2, 0) is 11.3 Å². The third kappa shape index (κ3) is 2.84. The Labute approximate surface area is 136 Å². The van der Waals surface area contributed by atoms with Crippen LogP contribution in [0.2, 0.25) is 0 Å². The Morgan fingerprint density at radius 2 is 2.00 bits per heavy atom. The van der Waals surface area contributed by atoms with Crippen molar-refractivity contribution in [2.45, 2.75) is 19.5 Å². The number of hydrogen-bond acceptors (Lipinski definition) is 3. The lowest BCUT2D eigenvalue weighted by atomic mass is 10.2. The molecular weight excluding hydrogens is 320 g/mol. The van der Waals surface area contributed by atoms with E-state index >= 15 is 0 Å².